The van der Waals surface area contributed by atoms with Crippen LogP contribution in [0.25, 0.3) is 0 Å². The highest BCUT2D eigenvalue weighted by Gasteiger charge is 2.56. The van der Waals surface area contributed by atoms with Gasteiger partial charge in [0, 0.05) is 45.2 Å². The van der Waals surface area contributed by atoms with Crippen LogP contribution in [0.2, 0.25) is 0 Å². The summed E-state index contributed by atoms with van der Waals surface area (Å²) >= 11 is 0. The predicted molar refractivity (Wildman–Crippen MR) is 118 cm³/mol. The van der Waals surface area contributed by atoms with Crippen molar-refractivity contribution in [2.45, 2.75) is 51.6 Å². The summed E-state index contributed by atoms with van der Waals surface area (Å²) in [7, 11) is -3.18. The van der Waals surface area contributed by atoms with Crippen LogP contribution in [0, 0.1) is 5.41 Å². The zero-order valence-electron chi connectivity index (χ0n) is 18.3. The molecule has 3 atom stereocenters. The van der Waals surface area contributed by atoms with Gasteiger partial charge >= 0.3 is 0 Å². The van der Waals surface area contributed by atoms with E-state index in [-0.39, 0.29) is 17.7 Å². The lowest BCUT2D eigenvalue weighted by atomic mass is 9.69. The van der Waals surface area contributed by atoms with Crippen molar-refractivity contribution in [3.8, 4) is 0 Å². The number of hydrogen-bond acceptors (Lipinski definition) is 5. The molecule has 3 aliphatic heterocycles. The fourth-order valence-electron chi connectivity index (χ4n) is 5.13. The first kappa shape index (κ1) is 23.7. The lowest BCUT2D eigenvalue weighted by molar-refractivity contribution is -0.144. The SMILES string of the molecule is CC(=O)O.CCS(=O)(=O)N1CCN(C(=O)[C@]2(Cc3ccccc3)C[C@@H]3CC[C@H]2N3)CC1. The summed E-state index contributed by atoms with van der Waals surface area (Å²) in [6.07, 6.45) is 3.84. The molecule has 172 valence electrons. The van der Waals surface area contributed by atoms with Gasteiger partial charge in [0.2, 0.25) is 15.9 Å². The number of nitrogens with zero attached hydrogens (tertiary/aromatic N) is 2. The average molecular weight is 452 g/mol. The Kier molecular flexibility index (Phi) is 7.39. The molecular formula is C22H33N3O5S. The largest absolute Gasteiger partial charge is 0.481 e. The Bertz CT molecular complexity index is 880. The van der Waals surface area contributed by atoms with E-state index in [1.807, 2.05) is 23.1 Å². The molecule has 3 fully saturated rings. The highest BCUT2D eigenvalue weighted by Crippen LogP contribution is 2.47. The summed E-state index contributed by atoms with van der Waals surface area (Å²) in [5.41, 5.74) is 0.809. The molecule has 8 nitrogen and oxygen atoms in total. The van der Waals surface area contributed by atoms with Gasteiger partial charge in [-0.05, 0) is 38.2 Å². The van der Waals surface area contributed by atoms with Crippen LogP contribution in [0.1, 0.15) is 38.7 Å². The molecule has 0 aromatic heterocycles. The van der Waals surface area contributed by atoms with E-state index in [0.29, 0.717) is 32.2 Å². The molecule has 2 N–H and O–H groups in total. The molecule has 9 heteroatoms. The molecule has 31 heavy (non-hydrogen) atoms. The van der Waals surface area contributed by atoms with E-state index in [1.54, 1.807) is 6.92 Å². The van der Waals surface area contributed by atoms with E-state index in [2.05, 4.69) is 17.4 Å². The Morgan fingerprint density at radius 3 is 2.23 bits per heavy atom. The fraction of sp³-hybridized carbons (Fsp3) is 0.636. The third-order valence-corrected chi connectivity index (χ3v) is 8.47. The Labute approximate surface area is 184 Å². The number of rotatable bonds is 5. The molecular weight excluding hydrogens is 418 g/mol. The lowest BCUT2D eigenvalue weighted by Gasteiger charge is -2.42. The number of aliphatic carboxylic acids is 1. The number of sulfonamides is 1. The molecule has 1 aromatic carbocycles. The number of benzene rings is 1. The Morgan fingerprint density at radius 1 is 1.13 bits per heavy atom. The van der Waals surface area contributed by atoms with Crippen molar-refractivity contribution in [3.05, 3.63) is 35.9 Å². The molecule has 0 unspecified atom stereocenters. The molecule has 4 rings (SSSR count). The maximum Gasteiger partial charge on any atom is 0.300 e. The van der Waals surface area contributed by atoms with Crippen molar-refractivity contribution in [1.82, 2.24) is 14.5 Å². The van der Waals surface area contributed by atoms with Crippen LogP contribution >= 0.6 is 0 Å². The van der Waals surface area contributed by atoms with Gasteiger partial charge in [0.25, 0.3) is 5.97 Å². The maximum absolute atomic E-state index is 13.7. The van der Waals surface area contributed by atoms with Gasteiger partial charge in [0.15, 0.2) is 0 Å². The minimum absolute atomic E-state index is 0.118. The number of carbonyl (C=O) groups excluding carboxylic acids is 1. The molecule has 3 heterocycles. The number of amides is 1. The summed E-state index contributed by atoms with van der Waals surface area (Å²) in [5, 5.41) is 11.1. The molecule has 3 saturated heterocycles. The van der Waals surface area contributed by atoms with Gasteiger partial charge in [-0.25, -0.2) is 8.42 Å². The molecule has 0 radical (unpaired) electrons. The van der Waals surface area contributed by atoms with E-state index >= 15 is 0 Å². The van der Waals surface area contributed by atoms with Crippen LogP contribution in [0.15, 0.2) is 30.3 Å². The van der Waals surface area contributed by atoms with Gasteiger partial charge in [-0.3, -0.25) is 9.59 Å². The first-order valence-electron chi connectivity index (χ1n) is 10.9. The highest BCUT2D eigenvalue weighted by atomic mass is 32.2. The maximum atomic E-state index is 13.7. The molecule has 1 amide bonds. The van der Waals surface area contributed by atoms with Gasteiger partial charge in [-0.1, -0.05) is 30.3 Å². The normalized spacial score (nSPS) is 28.1. The molecule has 3 aliphatic rings. The van der Waals surface area contributed by atoms with Crippen molar-refractivity contribution < 1.29 is 23.1 Å². The van der Waals surface area contributed by atoms with Crippen LogP contribution in [0.5, 0.6) is 0 Å². The second kappa shape index (κ2) is 9.67. The number of piperazine rings is 1. The zero-order valence-corrected chi connectivity index (χ0v) is 19.1. The first-order valence-corrected chi connectivity index (χ1v) is 12.6. The number of hydrogen-bond donors (Lipinski definition) is 2. The van der Waals surface area contributed by atoms with Crippen LogP contribution in [0.3, 0.4) is 0 Å². The van der Waals surface area contributed by atoms with Gasteiger partial charge in [0.05, 0.1) is 11.2 Å². The zero-order chi connectivity index (χ0) is 22.6. The Hall–Kier alpha value is -1.97. The smallest absolute Gasteiger partial charge is 0.300 e. The molecule has 2 bridgehead atoms. The van der Waals surface area contributed by atoms with E-state index in [0.717, 1.165) is 32.6 Å². The summed E-state index contributed by atoms with van der Waals surface area (Å²) in [5.74, 6) is -0.508. The number of carboxylic acid groups (broad SMARTS) is 1. The van der Waals surface area contributed by atoms with Gasteiger partial charge < -0.3 is 15.3 Å². The average Bonchev–Trinajstić information content (AvgIpc) is 3.35. The second-order valence-electron chi connectivity index (χ2n) is 8.63. The standard InChI is InChI=1S/C20H29N3O3S.C2H4O2/c1-2-27(25,26)23-12-10-22(11-13-23)19(24)20(14-16-6-4-3-5-7-16)15-17-8-9-18(20)21-17;1-2(3)4/h3-7,17-18,21H,2,8-15H2,1H3;1H3,(H,3,4)/t17-,18+,20+;/m0./s1. The van der Waals surface area contributed by atoms with E-state index in [1.165, 1.54) is 9.87 Å². The molecule has 0 spiro atoms. The minimum Gasteiger partial charge on any atom is -0.481 e. The number of fused-ring (bicyclic) bond motifs is 2. The summed E-state index contributed by atoms with van der Waals surface area (Å²) < 4.78 is 25.7. The van der Waals surface area contributed by atoms with Crippen molar-refractivity contribution in [3.63, 3.8) is 0 Å². The van der Waals surface area contributed by atoms with Crippen LogP contribution in [-0.4, -0.2) is 78.6 Å². The number of nitrogens with one attached hydrogen (secondary N) is 1. The summed E-state index contributed by atoms with van der Waals surface area (Å²) in [4.78, 5) is 24.6. The third kappa shape index (κ3) is 5.27. The quantitative estimate of drug-likeness (QED) is 0.699. The second-order valence-corrected chi connectivity index (χ2v) is 10.9. The van der Waals surface area contributed by atoms with Crippen LogP contribution in [0.4, 0.5) is 0 Å². The van der Waals surface area contributed by atoms with Crippen molar-refractivity contribution in [1.29, 1.82) is 0 Å². The van der Waals surface area contributed by atoms with Gasteiger partial charge in [-0.2, -0.15) is 4.31 Å². The Balaban J connectivity index is 0.000000628. The van der Waals surface area contributed by atoms with Crippen molar-refractivity contribution in [2.24, 2.45) is 5.41 Å². The van der Waals surface area contributed by atoms with E-state index in [9.17, 15) is 13.2 Å². The van der Waals surface area contributed by atoms with E-state index in [4.69, 9.17) is 9.90 Å². The lowest BCUT2D eigenvalue weighted by Crippen LogP contribution is -2.57. The fourth-order valence-corrected chi connectivity index (χ4v) is 6.22. The molecule has 0 aliphatic carbocycles. The van der Waals surface area contributed by atoms with Gasteiger partial charge in [-0.15, -0.1) is 0 Å². The topological polar surface area (TPSA) is 107 Å². The summed E-state index contributed by atoms with van der Waals surface area (Å²) in [6.45, 7) is 4.55. The first-order chi connectivity index (χ1) is 14.7. The third-order valence-electron chi connectivity index (χ3n) is 6.59. The molecule has 0 saturated carbocycles. The van der Waals surface area contributed by atoms with E-state index < -0.39 is 21.4 Å². The monoisotopic (exact) mass is 451 g/mol. The van der Waals surface area contributed by atoms with Crippen LogP contribution in [-0.2, 0) is 26.0 Å². The van der Waals surface area contributed by atoms with Crippen LogP contribution < -0.4 is 5.32 Å². The number of carbonyl (C=O) groups is 2. The van der Waals surface area contributed by atoms with Crippen molar-refractivity contribution >= 4 is 21.9 Å². The highest BCUT2D eigenvalue weighted by molar-refractivity contribution is 7.89. The van der Waals surface area contributed by atoms with Crippen molar-refractivity contribution in [2.75, 3.05) is 31.9 Å². The Morgan fingerprint density at radius 2 is 1.74 bits per heavy atom. The summed E-state index contributed by atoms with van der Waals surface area (Å²) in [6, 6.07) is 10.9. The minimum atomic E-state index is -3.18. The number of carboxylic acids is 1. The predicted octanol–water partition coefficient (Wildman–Crippen LogP) is 1.32. The molecule has 1 aromatic rings. The van der Waals surface area contributed by atoms with Gasteiger partial charge in [0.1, 0.15) is 0 Å².